The Labute approximate surface area is 240 Å². The van der Waals surface area contributed by atoms with Gasteiger partial charge in [-0.1, -0.05) is 29.8 Å². The third-order valence-corrected chi connectivity index (χ3v) is 6.88. The molecule has 0 amide bonds. The first-order valence-electron chi connectivity index (χ1n) is 13.2. The van der Waals surface area contributed by atoms with Crippen molar-refractivity contribution in [3.05, 3.63) is 65.7 Å². The van der Waals surface area contributed by atoms with Gasteiger partial charge in [-0.2, -0.15) is 0 Å². The van der Waals surface area contributed by atoms with Crippen LogP contribution in [0.15, 0.2) is 49.1 Å². The van der Waals surface area contributed by atoms with E-state index in [0.717, 1.165) is 23.6 Å². The Morgan fingerprint density at radius 1 is 1.07 bits per heavy atom. The number of carbonyl (C=O) groups excluding carboxylic acids is 2. The molecule has 3 aromatic heterocycles. The lowest BCUT2D eigenvalue weighted by atomic mass is 9.97. The lowest BCUT2D eigenvalue weighted by molar-refractivity contribution is -0.181. The van der Waals surface area contributed by atoms with Crippen LogP contribution >= 0.6 is 0 Å². The summed E-state index contributed by atoms with van der Waals surface area (Å²) in [6.45, 7) is 7.90. The van der Waals surface area contributed by atoms with E-state index < -0.39 is 41.9 Å². The lowest BCUT2D eigenvalue weighted by Gasteiger charge is -2.26. The predicted molar refractivity (Wildman–Crippen MR) is 149 cm³/mol. The van der Waals surface area contributed by atoms with Crippen molar-refractivity contribution in [3.63, 3.8) is 0 Å². The summed E-state index contributed by atoms with van der Waals surface area (Å²) in [7, 11) is 0. The number of hydrogen-bond donors (Lipinski definition) is 2. The van der Waals surface area contributed by atoms with Crippen LogP contribution in [0.4, 0.5) is 5.82 Å². The van der Waals surface area contributed by atoms with Gasteiger partial charge in [0.1, 0.15) is 0 Å². The molecular formula is C29H30N6O7. The number of aliphatic carboxylic acids is 1. The summed E-state index contributed by atoms with van der Waals surface area (Å²) in [5, 5.41) is 13.4. The summed E-state index contributed by atoms with van der Waals surface area (Å²) in [6, 6.07) is 9.89. The number of carboxylic acids is 1. The van der Waals surface area contributed by atoms with E-state index in [1.165, 1.54) is 24.7 Å². The molecule has 1 saturated heterocycles. The quantitative estimate of drug-likeness (QED) is 0.295. The van der Waals surface area contributed by atoms with E-state index in [9.17, 15) is 19.5 Å². The number of esters is 2. The van der Waals surface area contributed by atoms with E-state index >= 15 is 0 Å². The number of carboxylic acid groups (broad SMARTS) is 1. The van der Waals surface area contributed by atoms with Crippen LogP contribution < -0.4 is 5.32 Å². The predicted octanol–water partition coefficient (Wildman–Crippen LogP) is 3.35. The minimum absolute atomic E-state index is 0.270. The SMILES string of the molecule is CC(=O)O[C@H]1[C@H](n2cnc3c(NCc4cccc(C)c4)nc(-c4cncc(C)c4)nc32)O[C@](C)(C(=O)O)[C@H]1OC(C)=O. The highest BCUT2D eigenvalue weighted by atomic mass is 16.7. The maximum absolute atomic E-state index is 12.4. The number of benzene rings is 1. The number of fused-ring (bicyclic) bond motifs is 1. The zero-order chi connectivity index (χ0) is 30.2. The van der Waals surface area contributed by atoms with Gasteiger partial charge in [-0.25, -0.2) is 19.7 Å². The molecular weight excluding hydrogens is 544 g/mol. The molecule has 42 heavy (non-hydrogen) atoms. The molecule has 2 N–H and O–H groups in total. The maximum Gasteiger partial charge on any atom is 0.339 e. The molecule has 13 heteroatoms. The summed E-state index contributed by atoms with van der Waals surface area (Å²) in [4.78, 5) is 54.7. The van der Waals surface area contributed by atoms with Crippen molar-refractivity contribution in [2.45, 2.75) is 65.2 Å². The van der Waals surface area contributed by atoms with E-state index in [4.69, 9.17) is 24.2 Å². The summed E-state index contributed by atoms with van der Waals surface area (Å²) >= 11 is 0. The van der Waals surface area contributed by atoms with Crippen LogP contribution in [0.25, 0.3) is 22.6 Å². The molecule has 0 radical (unpaired) electrons. The Morgan fingerprint density at radius 2 is 1.83 bits per heavy atom. The van der Waals surface area contributed by atoms with Gasteiger partial charge in [0.15, 0.2) is 41.2 Å². The molecule has 13 nitrogen and oxygen atoms in total. The minimum atomic E-state index is -2.05. The minimum Gasteiger partial charge on any atom is -0.479 e. The summed E-state index contributed by atoms with van der Waals surface area (Å²) < 4.78 is 18.3. The first-order chi connectivity index (χ1) is 20.0. The maximum atomic E-state index is 12.4. The Hall–Kier alpha value is -4.91. The van der Waals surface area contributed by atoms with Gasteiger partial charge in [0, 0.05) is 38.3 Å². The van der Waals surface area contributed by atoms with Gasteiger partial charge in [0.05, 0.1) is 6.33 Å². The van der Waals surface area contributed by atoms with E-state index in [1.807, 2.05) is 44.2 Å². The van der Waals surface area contributed by atoms with Crippen molar-refractivity contribution in [3.8, 4) is 11.4 Å². The van der Waals surface area contributed by atoms with Gasteiger partial charge in [-0.15, -0.1) is 0 Å². The van der Waals surface area contributed by atoms with Crippen LogP contribution in [0.3, 0.4) is 0 Å². The molecule has 0 saturated carbocycles. The molecule has 1 aromatic carbocycles. The van der Waals surface area contributed by atoms with Gasteiger partial charge in [0.2, 0.25) is 5.60 Å². The zero-order valence-corrected chi connectivity index (χ0v) is 23.7. The first kappa shape index (κ1) is 28.6. The number of carbonyl (C=O) groups is 3. The standard InChI is InChI=1S/C29H30N6O7/c1-15-7-6-8-19(9-15)12-31-25-21-26(34-24(33-25)20-10-16(2)11-30-13-20)35(14-32-21)27-22(40-17(3)36)23(41-18(4)37)29(5,42-27)28(38)39/h6-11,13-14,22-23,27H,12H2,1-5H3,(H,38,39)(H,31,33,34)/t22-,23+,27-,29+/m1/s1. The fraction of sp³-hybridized carbons (Fsp3) is 0.345. The van der Waals surface area contributed by atoms with Gasteiger partial charge >= 0.3 is 17.9 Å². The molecule has 4 atom stereocenters. The number of nitrogens with zero attached hydrogens (tertiary/aromatic N) is 5. The van der Waals surface area contributed by atoms with Crippen LogP contribution in [0, 0.1) is 13.8 Å². The van der Waals surface area contributed by atoms with Crippen LogP contribution in [0.2, 0.25) is 0 Å². The summed E-state index contributed by atoms with van der Waals surface area (Å²) in [5.41, 5.74) is 2.26. The van der Waals surface area contributed by atoms with Crippen LogP contribution in [0.1, 0.15) is 43.7 Å². The number of ether oxygens (including phenoxy) is 3. The molecule has 4 aromatic rings. The zero-order valence-electron chi connectivity index (χ0n) is 23.7. The molecule has 0 bridgehead atoms. The normalized spacial score (nSPS) is 21.7. The molecule has 1 aliphatic rings. The second-order valence-corrected chi connectivity index (χ2v) is 10.3. The Bertz CT molecular complexity index is 1690. The molecule has 1 aliphatic heterocycles. The number of anilines is 1. The topological polar surface area (TPSA) is 168 Å². The Morgan fingerprint density at radius 3 is 2.50 bits per heavy atom. The molecule has 0 unspecified atom stereocenters. The van der Waals surface area contributed by atoms with Gasteiger partial charge < -0.3 is 24.6 Å². The van der Waals surface area contributed by atoms with E-state index in [2.05, 4.69) is 15.3 Å². The largest absolute Gasteiger partial charge is 0.479 e. The third-order valence-electron chi connectivity index (χ3n) is 6.88. The average molecular weight is 575 g/mol. The number of pyridine rings is 1. The van der Waals surface area contributed by atoms with Crippen molar-refractivity contribution in [2.24, 2.45) is 0 Å². The number of aromatic nitrogens is 5. The summed E-state index contributed by atoms with van der Waals surface area (Å²) in [5.74, 6) is -2.14. The Balaban J connectivity index is 1.65. The van der Waals surface area contributed by atoms with Crippen molar-refractivity contribution in [2.75, 3.05) is 5.32 Å². The van der Waals surface area contributed by atoms with E-state index in [-0.39, 0.29) is 5.65 Å². The highest BCUT2D eigenvalue weighted by Crippen LogP contribution is 2.42. The molecule has 0 aliphatic carbocycles. The molecule has 1 fully saturated rings. The number of rotatable bonds is 8. The smallest absolute Gasteiger partial charge is 0.339 e. The van der Waals surface area contributed by atoms with Crippen molar-refractivity contribution in [1.82, 2.24) is 24.5 Å². The number of nitrogens with one attached hydrogen (secondary N) is 1. The summed E-state index contributed by atoms with van der Waals surface area (Å²) in [6.07, 6.45) is 0.696. The van der Waals surface area contributed by atoms with Crippen molar-refractivity contribution >= 4 is 34.9 Å². The first-order valence-corrected chi connectivity index (χ1v) is 13.2. The van der Waals surface area contributed by atoms with Crippen LogP contribution in [-0.2, 0) is 35.1 Å². The average Bonchev–Trinajstić information content (AvgIpc) is 3.46. The second kappa shape index (κ2) is 11.2. The van der Waals surface area contributed by atoms with Crippen LogP contribution in [-0.4, -0.2) is 65.3 Å². The number of aryl methyl sites for hydroxylation is 2. The third kappa shape index (κ3) is 5.50. The molecule has 0 spiro atoms. The van der Waals surface area contributed by atoms with E-state index in [1.54, 1.807) is 12.4 Å². The highest BCUT2D eigenvalue weighted by Gasteiger charge is 2.62. The van der Waals surface area contributed by atoms with Crippen LogP contribution in [0.5, 0.6) is 0 Å². The monoisotopic (exact) mass is 574 g/mol. The molecule has 4 heterocycles. The van der Waals surface area contributed by atoms with Crippen molar-refractivity contribution in [1.29, 1.82) is 0 Å². The fourth-order valence-electron chi connectivity index (χ4n) is 4.95. The number of imidazole rings is 1. The fourth-order valence-corrected chi connectivity index (χ4v) is 4.95. The van der Waals surface area contributed by atoms with Gasteiger partial charge in [0.25, 0.3) is 0 Å². The van der Waals surface area contributed by atoms with Gasteiger partial charge in [-0.3, -0.25) is 19.1 Å². The van der Waals surface area contributed by atoms with Gasteiger partial charge in [-0.05, 0) is 38.0 Å². The highest BCUT2D eigenvalue weighted by molar-refractivity contribution is 5.85. The Kier molecular flexibility index (Phi) is 7.61. The molecule has 218 valence electrons. The van der Waals surface area contributed by atoms with E-state index in [0.29, 0.717) is 29.3 Å². The van der Waals surface area contributed by atoms with Crippen molar-refractivity contribution < 1.29 is 33.7 Å². The lowest BCUT2D eigenvalue weighted by Crippen LogP contribution is -2.50. The second-order valence-electron chi connectivity index (χ2n) is 10.3. The molecule has 5 rings (SSSR count). The number of hydrogen-bond acceptors (Lipinski definition) is 11.